The number of aromatic amines is 1. The summed E-state index contributed by atoms with van der Waals surface area (Å²) in [6, 6.07) is 0.545. The summed E-state index contributed by atoms with van der Waals surface area (Å²) < 4.78 is 2.97. The Bertz CT molecular complexity index is 389. The topological polar surface area (TPSA) is 36.9 Å². The first kappa shape index (κ1) is 11.6. The molecule has 1 heterocycles. The monoisotopic (exact) mass is 240 g/mol. The predicted octanol–water partition coefficient (Wildman–Crippen LogP) is 2.90. The van der Waals surface area contributed by atoms with Crippen molar-refractivity contribution in [2.45, 2.75) is 45.1 Å². The van der Waals surface area contributed by atoms with E-state index < -0.39 is 0 Å². The minimum Gasteiger partial charge on any atom is -0.344 e. The molecular formula is C11H20N4S. The molecule has 1 fully saturated rings. The Morgan fingerprint density at radius 2 is 2.12 bits per heavy atom. The molecule has 2 rings (SSSR count). The van der Waals surface area contributed by atoms with Gasteiger partial charge in [-0.25, -0.2) is 5.10 Å². The fraction of sp³-hybridized carbons (Fsp3) is 0.818. The van der Waals surface area contributed by atoms with Crippen LogP contribution in [0.4, 0.5) is 5.95 Å². The van der Waals surface area contributed by atoms with Crippen LogP contribution in [0.1, 0.15) is 45.1 Å². The molecule has 90 valence electrons. The van der Waals surface area contributed by atoms with Crippen LogP contribution in [0.15, 0.2) is 0 Å². The van der Waals surface area contributed by atoms with Crippen molar-refractivity contribution in [1.29, 1.82) is 0 Å². The molecule has 4 nitrogen and oxygen atoms in total. The van der Waals surface area contributed by atoms with Gasteiger partial charge in [-0.15, -0.1) is 5.10 Å². The van der Waals surface area contributed by atoms with Crippen molar-refractivity contribution in [1.82, 2.24) is 14.8 Å². The predicted molar refractivity (Wildman–Crippen MR) is 68.5 cm³/mol. The first-order chi connectivity index (χ1) is 7.74. The number of aromatic nitrogens is 3. The van der Waals surface area contributed by atoms with Crippen molar-refractivity contribution < 1.29 is 0 Å². The summed E-state index contributed by atoms with van der Waals surface area (Å²) in [6.07, 6.45) is 6.46. The second kappa shape index (κ2) is 4.99. The van der Waals surface area contributed by atoms with Gasteiger partial charge in [0.25, 0.3) is 0 Å². The smallest absolute Gasteiger partial charge is 0.225 e. The molecule has 0 amide bonds. The molecule has 1 aromatic heterocycles. The summed E-state index contributed by atoms with van der Waals surface area (Å²) >= 11 is 5.34. The molecule has 0 radical (unpaired) electrons. The molecule has 0 aromatic carbocycles. The molecule has 0 unspecified atom stereocenters. The van der Waals surface area contributed by atoms with Crippen LogP contribution in [-0.2, 0) is 0 Å². The Labute approximate surface area is 102 Å². The number of hydrogen-bond donors (Lipinski definition) is 1. The first-order valence-corrected chi connectivity index (χ1v) is 6.53. The minimum absolute atomic E-state index is 0.545. The van der Waals surface area contributed by atoms with Crippen LogP contribution < -0.4 is 4.90 Å². The first-order valence-electron chi connectivity index (χ1n) is 6.12. The van der Waals surface area contributed by atoms with Crippen LogP contribution in [-0.4, -0.2) is 28.4 Å². The molecule has 5 heteroatoms. The standard InChI is InChI=1S/C11H20N4S/c1-3-14(2)10-12-13-11(16)15(10)9-7-5-4-6-8-9/h9H,3-8H2,1-2H3,(H,13,16). The minimum atomic E-state index is 0.545. The molecule has 1 aromatic rings. The van der Waals surface area contributed by atoms with Crippen LogP contribution in [0.2, 0.25) is 0 Å². The average Bonchev–Trinajstić information content (AvgIpc) is 2.71. The fourth-order valence-corrected chi connectivity index (χ4v) is 2.65. The van der Waals surface area contributed by atoms with E-state index in [1.807, 2.05) is 0 Å². The molecule has 0 bridgehead atoms. The molecule has 0 atom stereocenters. The highest BCUT2D eigenvalue weighted by molar-refractivity contribution is 7.71. The maximum Gasteiger partial charge on any atom is 0.225 e. The van der Waals surface area contributed by atoms with E-state index in [2.05, 4.69) is 33.6 Å². The normalized spacial score (nSPS) is 17.6. The van der Waals surface area contributed by atoms with E-state index >= 15 is 0 Å². The maximum atomic E-state index is 5.34. The van der Waals surface area contributed by atoms with Gasteiger partial charge in [0.1, 0.15) is 0 Å². The summed E-state index contributed by atoms with van der Waals surface area (Å²) in [5.41, 5.74) is 0. The van der Waals surface area contributed by atoms with Crippen LogP contribution in [0, 0.1) is 4.77 Å². The quantitative estimate of drug-likeness (QED) is 0.825. The van der Waals surface area contributed by atoms with E-state index in [1.54, 1.807) is 0 Å². The number of H-pyrrole nitrogens is 1. The van der Waals surface area contributed by atoms with Gasteiger partial charge in [-0.05, 0) is 32.0 Å². The number of nitrogens with one attached hydrogen (secondary N) is 1. The van der Waals surface area contributed by atoms with Gasteiger partial charge in [-0.3, -0.25) is 4.57 Å². The summed E-state index contributed by atoms with van der Waals surface area (Å²) in [6.45, 7) is 3.08. The molecular weight excluding hydrogens is 220 g/mol. The summed E-state index contributed by atoms with van der Waals surface area (Å²) in [4.78, 5) is 2.14. The van der Waals surface area contributed by atoms with Gasteiger partial charge >= 0.3 is 0 Å². The lowest BCUT2D eigenvalue weighted by atomic mass is 9.95. The van der Waals surface area contributed by atoms with Crippen molar-refractivity contribution in [3.63, 3.8) is 0 Å². The van der Waals surface area contributed by atoms with Gasteiger partial charge in [-0.2, -0.15) is 0 Å². The second-order valence-corrected chi connectivity index (χ2v) is 4.89. The largest absolute Gasteiger partial charge is 0.344 e. The zero-order valence-corrected chi connectivity index (χ0v) is 10.9. The third-order valence-corrected chi connectivity index (χ3v) is 3.73. The molecule has 16 heavy (non-hydrogen) atoms. The zero-order chi connectivity index (χ0) is 11.5. The molecule has 0 spiro atoms. The Morgan fingerprint density at radius 3 is 2.75 bits per heavy atom. The maximum absolute atomic E-state index is 5.34. The SMILES string of the molecule is CCN(C)c1n[nH]c(=S)n1C1CCCCC1. The van der Waals surface area contributed by atoms with Gasteiger partial charge in [0.15, 0.2) is 4.77 Å². The van der Waals surface area contributed by atoms with Crippen LogP contribution in [0.25, 0.3) is 0 Å². The van der Waals surface area contributed by atoms with Gasteiger partial charge in [0.05, 0.1) is 0 Å². The third-order valence-electron chi connectivity index (χ3n) is 3.44. The van der Waals surface area contributed by atoms with Gasteiger partial charge in [0, 0.05) is 19.6 Å². The molecule has 1 N–H and O–H groups in total. The fourth-order valence-electron chi connectivity index (χ4n) is 2.38. The van der Waals surface area contributed by atoms with Crippen molar-refractivity contribution in [3.05, 3.63) is 4.77 Å². The van der Waals surface area contributed by atoms with Crippen LogP contribution in [0.5, 0.6) is 0 Å². The lowest BCUT2D eigenvalue weighted by molar-refractivity contribution is 0.351. The highest BCUT2D eigenvalue weighted by Crippen LogP contribution is 2.30. The van der Waals surface area contributed by atoms with Gasteiger partial charge in [0.2, 0.25) is 5.95 Å². The van der Waals surface area contributed by atoms with Gasteiger partial charge in [-0.1, -0.05) is 19.3 Å². The lowest BCUT2D eigenvalue weighted by Crippen LogP contribution is -2.23. The number of nitrogens with zero attached hydrogens (tertiary/aromatic N) is 3. The molecule has 1 saturated carbocycles. The van der Waals surface area contributed by atoms with Crippen molar-refractivity contribution in [3.8, 4) is 0 Å². The van der Waals surface area contributed by atoms with E-state index in [1.165, 1.54) is 32.1 Å². The van der Waals surface area contributed by atoms with Crippen molar-refractivity contribution in [2.75, 3.05) is 18.5 Å². The number of hydrogen-bond acceptors (Lipinski definition) is 3. The Balaban J connectivity index is 2.30. The van der Waals surface area contributed by atoms with Gasteiger partial charge < -0.3 is 4.90 Å². The molecule has 0 saturated heterocycles. The van der Waals surface area contributed by atoms with E-state index in [0.29, 0.717) is 6.04 Å². The highest BCUT2D eigenvalue weighted by atomic mass is 32.1. The molecule has 1 aliphatic carbocycles. The summed E-state index contributed by atoms with van der Waals surface area (Å²) in [5.74, 6) is 0.986. The highest BCUT2D eigenvalue weighted by Gasteiger charge is 2.20. The third kappa shape index (κ3) is 2.14. The lowest BCUT2D eigenvalue weighted by Gasteiger charge is -2.26. The Morgan fingerprint density at radius 1 is 1.44 bits per heavy atom. The molecule has 0 aliphatic heterocycles. The number of anilines is 1. The van der Waals surface area contributed by atoms with E-state index in [0.717, 1.165) is 17.3 Å². The summed E-state index contributed by atoms with van der Waals surface area (Å²) in [5, 5.41) is 7.26. The average molecular weight is 240 g/mol. The van der Waals surface area contributed by atoms with E-state index in [9.17, 15) is 0 Å². The second-order valence-electron chi connectivity index (χ2n) is 4.50. The van der Waals surface area contributed by atoms with Crippen LogP contribution >= 0.6 is 12.2 Å². The Kier molecular flexibility index (Phi) is 3.63. The van der Waals surface area contributed by atoms with Crippen molar-refractivity contribution >= 4 is 18.2 Å². The number of rotatable bonds is 3. The van der Waals surface area contributed by atoms with E-state index in [-0.39, 0.29) is 0 Å². The van der Waals surface area contributed by atoms with Crippen LogP contribution in [0.3, 0.4) is 0 Å². The zero-order valence-electron chi connectivity index (χ0n) is 10.1. The molecule has 1 aliphatic rings. The van der Waals surface area contributed by atoms with E-state index in [4.69, 9.17) is 12.2 Å². The summed E-state index contributed by atoms with van der Waals surface area (Å²) in [7, 11) is 2.06. The van der Waals surface area contributed by atoms with Crippen molar-refractivity contribution in [2.24, 2.45) is 0 Å². The Hall–Kier alpha value is -0.840.